The summed E-state index contributed by atoms with van der Waals surface area (Å²) in [5, 5.41) is 0. The molecule has 0 unspecified atom stereocenters. The molecule has 0 N–H and O–H groups in total. The Bertz CT molecular complexity index is 579. The normalized spacial score (nSPS) is 15.3. The predicted molar refractivity (Wildman–Crippen MR) is 81.9 cm³/mol. The molecule has 0 saturated carbocycles. The van der Waals surface area contributed by atoms with Crippen LogP contribution in [-0.2, 0) is 9.53 Å². The van der Waals surface area contributed by atoms with Gasteiger partial charge in [0.05, 0.1) is 19.1 Å². The number of hydrogen-bond donors (Lipinski definition) is 0. The molecule has 1 aliphatic heterocycles. The van der Waals surface area contributed by atoms with Crippen molar-refractivity contribution >= 4 is 17.6 Å². The Balaban J connectivity index is 1.86. The zero-order chi connectivity index (χ0) is 17.7. The number of alkyl halides is 3. The first-order valence-corrected chi connectivity index (χ1v) is 7.58. The first-order chi connectivity index (χ1) is 11.3. The van der Waals surface area contributed by atoms with Crippen molar-refractivity contribution in [3.63, 3.8) is 0 Å². The first-order valence-electron chi connectivity index (χ1n) is 7.58. The number of carbonyl (C=O) groups is 2. The Kier molecular flexibility index (Phi) is 5.69. The van der Waals surface area contributed by atoms with Crippen LogP contribution in [0.15, 0.2) is 24.3 Å². The van der Waals surface area contributed by atoms with Gasteiger partial charge in [-0.2, -0.15) is 13.2 Å². The summed E-state index contributed by atoms with van der Waals surface area (Å²) in [6, 6.07) is 6.88. The monoisotopic (exact) mass is 344 g/mol. The number of methoxy groups -OCH3 is 1. The molecule has 1 heterocycles. The molecule has 0 aliphatic carbocycles. The molecule has 0 radical (unpaired) electrons. The molecule has 0 atom stereocenters. The molecular formula is C16H19F3N2O3. The largest absolute Gasteiger partial charge is 0.465 e. The van der Waals surface area contributed by atoms with Gasteiger partial charge in [0, 0.05) is 38.3 Å². The molecule has 1 amide bonds. The van der Waals surface area contributed by atoms with Crippen LogP contribution in [0.3, 0.4) is 0 Å². The number of ether oxygens (including phenoxy) is 1. The van der Waals surface area contributed by atoms with Crippen LogP contribution in [-0.4, -0.2) is 56.2 Å². The summed E-state index contributed by atoms with van der Waals surface area (Å²) in [4.78, 5) is 26.7. The zero-order valence-electron chi connectivity index (χ0n) is 13.3. The number of piperazine rings is 1. The van der Waals surface area contributed by atoms with E-state index in [1.165, 1.54) is 12.0 Å². The van der Waals surface area contributed by atoms with E-state index in [-0.39, 0.29) is 0 Å². The molecule has 0 bridgehead atoms. The number of benzene rings is 1. The van der Waals surface area contributed by atoms with Crippen LogP contribution in [0.1, 0.15) is 23.2 Å². The van der Waals surface area contributed by atoms with Crippen molar-refractivity contribution in [1.82, 2.24) is 4.90 Å². The second-order valence-electron chi connectivity index (χ2n) is 5.52. The fourth-order valence-electron chi connectivity index (χ4n) is 2.55. The van der Waals surface area contributed by atoms with Gasteiger partial charge >= 0.3 is 12.1 Å². The first kappa shape index (κ1) is 18.1. The summed E-state index contributed by atoms with van der Waals surface area (Å²) in [6.07, 6.45) is -5.89. The summed E-state index contributed by atoms with van der Waals surface area (Å²) in [6.45, 7) is 1.84. The number of rotatable bonds is 4. The van der Waals surface area contributed by atoms with E-state index >= 15 is 0 Å². The van der Waals surface area contributed by atoms with E-state index in [0.29, 0.717) is 31.7 Å². The van der Waals surface area contributed by atoms with Crippen molar-refractivity contribution in [2.45, 2.75) is 19.0 Å². The topological polar surface area (TPSA) is 49.9 Å². The number of esters is 1. The highest BCUT2D eigenvalue weighted by Crippen LogP contribution is 2.23. The zero-order valence-corrected chi connectivity index (χ0v) is 13.3. The second kappa shape index (κ2) is 7.55. The molecule has 5 nitrogen and oxygen atoms in total. The van der Waals surface area contributed by atoms with Gasteiger partial charge < -0.3 is 14.5 Å². The molecule has 24 heavy (non-hydrogen) atoms. The third-order valence-corrected chi connectivity index (χ3v) is 3.91. The lowest BCUT2D eigenvalue weighted by atomic mass is 10.1. The maximum atomic E-state index is 12.2. The lowest BCUT2D eigenvalue weighted by molar-refractivity contribution is -0.149. The predicted octanol–water partition coefficient (Wildman–Crippen LogP) is 2.46. The van der Waals surface area contributed by atoms with Gasteiger partial charge in [0.25, 0.3) is 0 Å². The number of amides is 1. The van der Waals surface area contributed by atoms with Gasteiger partial charge in [0.15, 0.2) is 0 Å². The quantitative estimate of drug-likeness (QED) is 0.788. The van der Waals surface area contributed by atoms with Crippen LogP contribution < -0.4 is 4.90 Å². The summed E-state index contributed by atoms with van der Waals surface area (Å²) < 4.78 is 41.1. The number of anilines is 1. The van der Waals surface area contributed by atoms with Crippen LogP contribution in [0.4, 0.5) is 18.9 Å². The van der Waals surface area contributed by atoms with Gasteiger partial charge in [-0.1, -0.05) is 0 Å². The minimum atomic E-state index is -4.31. The van der Waals surface area contributed by atoms with Gasteiger partial charge in [-0.3, -0.25) is 4.79 Å². The fourth-order valence-corrected chi connectivity index (χ4v) is 2.55. The summed E-state index contributed by atoms with van der Waals surface area (Å²) in [5.41, 5.74) is 1.34. The van der Waals surface area contributed by atoms with E-state index in [9.17, 15) is 22.8 Å². The van der Waals surface area contributed by atoms with E-state index in [2.05, 4.69) is 4.74 Å². The third kappa shape index (κ3) is 4.87. The average molecular weight is 344 g/mol. The molecular weight excluding hydrogens is 325 g/mol. The Labute approximate surface area is 138 Å². The number of carbonyl (C=O) groups excluding carboxylic acids is 2. The molecule has 1 aromatic carbocycles. The number of nitrogens with zero attached hydrogens (tertiary/aromatic N) is 2. The minimum absolute atomic E-state index is 0.384. The van der Waals surface area contributed by atoms with Gasteiger partial charge in [0.1, 0.15) is 0 Å². The van der Waals surface area contributed by atoms with E-state index in [0.717, 1.165) is 5.69 Å². The van der Waals surface area contributed by atoms with Gasteiger partial charge in [-0.25, -0.2) is 4.79 Å². The highest BCUT2D eigenvalue weighted by molar-refractivity contribution is 5.89. The van der Waals surface area contributed by atoms with Crippen molar-refractivity contribution < 1.29 is 27.5 Å². The van der Waals surface area contributed by atoms with E-state index in [4.69, 9.17) is 0 Å². The highest BCUT2D eigenvalue weighted by Gasteiger charge is 2.30. The molecule has 1 fully saturated rings. The lowest BCUT2D eigenvalue weighted by Gasteiger charge is -2.36. The van der Waals surface area contributed by atoms with E-state index in [1.807, 2.05) is 4.90 Å². The summed E-state index contributed by atoms with van der Waals surface area (Å²) >= 11 is 0. The molecule has 1 aromatic rings. The lowest BCUT2D eigenvalue weighted by Crippen LogP contribution is -2.48. The van der Waals surface area contributed by atoms with Crippen LogP contribution in [0.2, 0.25) is 0 Å². The van der Waals surface area contributed by atoms with Crippen LogP contribution >= 0.6 is 0 Å². The molecule has 0 spiro atoms. The van der Waals surface area contributed by atoms with Crippen molar-refractivity contribution in [2.24, 2.45) is 0 Å². The second-order valence-corrected chi connectivity index (χ2v) is 5.52. The van der Waals surface area contributed by atoms with E-state index < -0.39 is 30.9 Å². The Morgan fingerprint density at radius 3 is 2.17 bits per heavy atom. The van der Waals surface area contributed by atoms with Crippen LogP contribution in [0, 0.1) is 0 Å². The molecule has 1 aliphatic rings. The average Bonchev–Trinajstić information content (AvgIpc) is 2.58. The third-order valence-electron chi connectivity index (χ3n) is 3.91. The Hall–Kier alpha value is -2.25. The van der Waals surface area contributed by atoms with Crippen LogP contribution in [0.5, 0.6) is 0 Å². The molecule has 132 valence electrons. The van der Waals surface area contributed by atoms with Gasteiger partial charge in [0.2, 0.25) is 5.91 Å². The number of halogens is 3. The Morgan fingerprint density at radius 2 is 1.67 bits per heavy atom. The number of hydrogen-bond acceptors (Lipinski definition) is 4. The van der Waals surface area contributed by atoms with Crippen molar-refractivity contribution in [3.8, 4) is 0 Å². The van der Waals surface area contributed by atoms with Crippen LogP contribution in [0.25, 0.3) is 0 Å². The van der Waals surface area contributed by atoms with Crippen molar-refractivity contribution in [3.05, 3.63) is 29.8 Å². The molecule has 2 rings (SSSR count). The van der Waals surface area contributed by atoms with Gasteiger partial charge in [-0.05, 0) is 24.3 Å². The van der Waals surface area contributed by atoms with E-state index in [1.54, 1.807) is 24.3 Å². The summed E-state index contributed by atoms with van der Waals surface area (Å²) in [5.74, 6) is -0.880. The highest BCUT2D eigenvalue weighted by atomic mass is 19.4. The standard InChI is InChI=1S/C16H19F3N2O3/c1-24-15(23)12-2-4-13(5-3-12)20-8-10-21(11-9-20)14(22)6-7-16(17,18)19/h2-5H,6-11H2,1H3. The SMILES string of the molecule is COC(=O)c1ccc(N2CCN(C(=O)CCC(F)(F)F)CC2)cc1. The maximum absolute atomic E-state index is 12.2. The minimum Gasteiger partial charge on any atom is -0.465 e. The Morgan fingerprint density at radius 1 is 1.08 bits per heavy atom. The maximum Gasteiger partial charge on any atom is 0.389 e. The smallest absolute Gasteiger partial charge is 0.389 e. The fraction of sp³-hybridized carbons (Fsp3) is 0.500. The molecule has 8 heteroatoms. The van der Waals surface area contributed by atoms with Crippen molar-refractivity contribution in [1.29, 1.82) is 0 Å². The molecule has 0 aromatic heterocycles. The van der Waals surface area contributed by atoms with Gasteiger partial charge in [-0.15, -0.1) is 0 Å². The summed E-state index contributed by atoms with van der Waals surface area (Å²) in [7, 11) is 1.31. The van der Waals surface area contributed by atoms with Crippen molar-refractivity contribution in [2.75, 3.05) is 38.2 Å². The molecule has 1 saturated heterocycles.